The maximum absolute atomic E-state index is 5.84. The van der Waals surface area contributed by atoms with Crippen molar-refractivity contribution in [2.75, 3.05) is 10.6 Å². The number of rotatable bonds is 7. The van der Waals surface area contributed by atoms with Crippen LogP contribution in [0.2, 0.25) is 0 Å². The third-order valence-electron chi connectivity index (χ3n) is 3.70. The molecule has 26 heavy (non-hydrogen) atoms. The molecule has 0 radical (unpaired) electrons. The molecule has 0 atom stereocenters. The Bertz CT molecular complexity index is 864. The lowest BCUT2D eigenvalue weighted by Crippen LogP contribution is -2.08. The number of aryl methyl sites for hydroxylation is 1. The molecule has 0 aliphatic rings. The molecule has 0 aliphatic carbocycles. The van der Waals surface area contributed by atoms with E-state index in [1.165, 1.54) is 11.1 Å². The number of nitrogens with one attached hydrogen (secondary N) is 2. The van der Waals surface area contributed by atoms with Crippen molar-refractivity contribution in [3.05, 3.63) is 71.9 Å². The highest BCUT2D eigenvalue weighted by atomic mass is 16.5. The third kappa shape index (κ3) is 4.96. The Morgan fingerprint density at radius 1 is 1.04 bits per heavy atom. The molecule has 3 aromatic rings. The van der Waals surface area contributed by atoms with Gasteiger partial charge < -0.3 is 15.4 Å². The van der Waals surface area contributed by atoms with Gasteiger partial charge in [0, 0.05) is 12.7 Å². The van der Waals surface area contributed by atoms with Crippen LogP contribution in [0, 0.1) is 6.92 Å². The molecule has 2 aromatic carbocycles. The number of ether oxygens (including phenoxy) is 1. The highest BCUT2D eigenvalue weighted by Crippen LogP contribution is 2.27. The fraction of sp³-hybridized carbons (Fsp3) is 0.238. The van der Waals surface area contributed by atoms with Crippen molar-refractivity contribution in [2.45, 2.75) is 33.4 Å². The summed E-state index contributed by atoms with van der Waals surface area (Å²) in [6, 6.07) is 18.0. The van der Waals surface area contributed by atoms with Crippen LogP contribution in [0.5, 0.6) is 5.75 Å². The monoisotopic (exact) mass is 348 g/mol. The smallest absolute Gasteiger partial charge is 0.224 e. The minimum atomic E-state index is 0.106. The molecule has 0 spiro atoms. The SMILES string of the molecule is Cc1cccc(CNc2nccc(Nc3ccccc3OC(C)C)n2)c1. The number of nitrogens with zero attached hydrogens (tertiary/aromatic N) is 2. The molecule has 5 nitrogen and oxygen atoms in total. The Hall–Kier alpha value is -3.08. The Kier molecular flexibility index (Phi) is 5.69. The summed E-state index contributed by atoms with van der Waals surface area (Å²) < 4.78 is 5.84. The van der Waals surface area contributed by atoms with E-state index in [2.05, 4.69) is 51.8 Å². The zero-order chi connectivity index (χ0) is 18.4. The maximum Gasteiger partial charge on any atom is 0.224 e. The number of anilines is 3. The van der Waals surface area contributed by atoms with Gasteiger partial charge in [0.05, 0.1) is 11.8 Å². The summed E-state index contributed by atoms with van der Waals surface area (Å²) in [6.45, 7) is 6.78. The largest absolute Gasteiger partial charge is 0.489 e. The second-order valence-electron chi connectivity index (χ2n) is 6.40. The van der Waals surface area contributed by atoms with Crippen molar-refractivity contribution in [2.24, 2.45) is 0 Å². The van der Waals surface area contributed by atoms with E-state index in [-0.39, 0.29) is 6.10 Å². The van der Waals surface area contributed by atoms with Crippen LogP contribution in [-0.4, -0.2) is 16.1 Å². The Balaban J connectivity index is 1.70. The van der Waals surface area contributed by atoms with Gasteiger partial charge in [-0.15, -0.1) is 0 Å². The first-order chi connectivity index (χ1) is 12.6. The van der Waals surface area contributed by atoms with E-state index in [1.54, 1.807) is 6.20 Å². The van der Waals surface area contributed by atoms with Gasteiger partial charge in [0.1, 0.15) is 11.6 Å². The molecule has 1 aromatic heterocycles. The number of para-hydroxylation sites is 2. The lowest BCUT2D eigenvalue weighted by molar-refractivity contribution is 0.244. The molecule has 1 heterocycles. The summed E-state index contributed by atoms with van der Waals surface area (Å²) in [7, 11) is 0. The first kappa shape index (κ1) is 17.7. The second-order valence-corrected chi connectivity index (χ2v) is 6.40. The summed E-state index contributed by atoms with van der Waals surface area (Å²) in [6.07, 6.45) is 1.84. The van der Waals surface area contributed by atoms with Crippen LogP contribution in [0.1, 0.15) is 25.0 Å². The normalized spacial score (nSPS) is 10.6. The van der Waals surface area contributed by atoms with Gasteiger partial charge in [-0.05, 0) is 44.5 Å². The Morgan fingerprint density at radius 2 is 1.88 bits per heavy atom. The Labute approximate surface area is 154 Å². The maximum atomic E-state index is 5.84. The summed E-state index contributed by atoms with van der Waals surface area (Å²) in [5.74, 6) is 2.10. The molecule has 0 fully saturated rings. The molecule has 0 aliphatic heterocycles. The number of aromatic nitrogens is 2. The molecule has 0 bridgehead atoms. The minimum absolute atomic E-state index is 0.106. The standard InChI is InChI=1S/C21H24N4O/c1-15(2)26-19-10-5-4-9-18(19)24-20-11-12-22-21(25-20)23-14-17-8-6-7-16(3)13-17/h4-13,15H,14H2,1-3H3,(H2,22,23,24,25). The van der Waals surface area contributed by atoms with Crippen molar-refractivity contribution in [1.82, 2.24) is 9.97 Å². The van der Waals surface area contributed by atoms with Gasteiger partial charge >= 0.3 is 0 Å². The molecule has 0 unspecified atom stereocenters. The summed E-state index contributed by atoms with van der Waals surface area (Å²) >= 11 is 0. The predicted molar refractivity (Wildman–Crippen MR) is 106 cm³/mol. The molecule has 2 N–H and O–H groups in total. The fourth-order valence-electron chi connectivity index (χ4n) is 2.58. The molecule has 0 saturated heterocycles. The van der Waals surface area contributed by atoms with Gasteiger partial charge in [0.25, 0.3) is 0 Å². The van der Waals surface area contributed by atoms with Gasteiger partial charge in [-0.2, -0.15) is 4.98 Å². The van der Waals surface area contributed by atoms with Crippen LogP contribution in [-0.2, 0) is 6.54 Å². The van der Waals surface area contributed by atoms with Gasteiger partial charge in [-0.25, -0.2) is 4.98 Å². The fourth-order valence-corrected chi connectivity index (χ4v) is 2.58. The molecule has 3 rings (SSSR count). The average molecular weight is 348 g/mol. The van der Waals surface area contributed by atoms with Crippen molar-refractivity contribution >= 4 is 17.5 Å². The van der Waals surface area contributed by atoms with Crippen LogP contribution < -0.4 is 15.4 Å². The number of hydrogen-bond donors (Lipinski definition) is 2. The van der Waals surface area contributed by atoms with E-state index in [0.29, 0.717) is 18.3 Å². The first-order valence-corrected chi connectivity index (χ1v) is 8.75. The van der Waals surface area contributed by atoms with Crippen LogP contribution in [0.25, 0.3) is 0 Å². The summed E-state index contributed by atoms with van der Waals surface area (Å²) in [5.41, 5.74) is 3.31. The topological polar surface area (TPSA) is 59.1 Å². The highest BCUT2D eigenvalue weighted by molar-refractivity contribution is 5.64. The molecule has 5 heteroatoms. The average Bonchev–Trinajstić information content (AvgIpc) is 2.62. The zero-order valence-corrected chi connectivity index (χ0v) is 15.4. The van der Waals surface area contributed by atoms with E-state index in [9.17, 15) is 0 Å². The van der Waals surface area contributed by atoms with Gasteiger partial charge in [-0.3, -0.25) is 0 Å². The van der Waals surface area contributed by atoms with E-state index in [4.69, 9.17) is 4.74 Å². The summed E-state index contributed by atoms with van der Waals surface area (Å²) in [5, 5.41) is 6.58. The molecular weight excluding hydrogens is 324 g/mol. The summed E-state index contributed by atoms with van der Waals surface area (Å²) in [4.78, 5) is 8.83. The van der Waals surface area contributed by atoms with Gasteiger partial charge in [0.2, 0.25) is 5.95 Å². The van der Waals surface area contributed by atoms with Gasteiger partial charge in [0.15, 0.2) is 0 Å². The van der Waals surface area contributed by atoms with Gasteiger partial charge in [-0.1, -0.05) is 42.0 Å². The highest BCUT2D eigenvalue weighted by Gasteiger charge is 2.07. The minimum Gasteiger partial charge on any atom is -0.489 e. The van der Waals surface area contributed by atoms with E-state index in [1.807, 2.05) is 44.2 Å². The second kappa shape index (κ2) is 8.34. The number of benzene rings is 2. The van der Waals surface area contributed by atoms with E-state index >= 15 is 0 Å². The molecule has 134 valence electrons. The Morgan fingerprint density at radius 3 is 2.69 bits per heavy atom. The van der Waals surface area contributed by atoms with Crippen LogP contribution in [0.3, 0.4) is 0 Å². The zero-order valence-electron chi connectivity index (χ0n) is 15.4. The van der Waals surface area contributed by atoms with Crippen molar-refractivity contribution in [3.8, 4) is 5.75 Å². The van der Waals surface area contributed by atoms with Crippen LogP contribution >= 0.6 is 0 Å². The van der Waals surface area contributed by atoms with Crippen molar-refractivity contribution < 1.29 is 4.74 Å². The van der Waals surface area contributed by atoms with Crippen molar-refractivity contribution in [3.63, 3.8) is 0 Å². The molecular formula is C21H24N4O. The lowest BCUT2D eigenvalue weighted by Gasteiger charge is -2.15. The van der Waals surface area contributed by atoms with Crippen molar-refractivity contribution in [1.29, 1.82) is 0 Å². The van der Waals surface area contributed by atoms with E-state index in [0.717, 1.165) is 11.4 Å². The quantitative estimate of drug-likeness (QED) is 0.634. The predicted octanol–water partition coefficient (Wildman–Crippen LogP) is 4.93. The van der Waals surface area contributed by atoms with Crippen LogP contribution in [0.4, 0.5) is 17.5 Å². The van der Waals surface area contributed by atoms with E-state index < -0.39 is 0 Å². The molecule has 0 amide bonds. The number of hydrogen-bond acceptors (Lipinski definition) is 5. The third-order valence-corrected chi connectivity index (χ3v) is 3.70. The lowest BCUT2D eigenvalue weighted by atomic mass is 10.1. The molecule has 0 saturated carbocycles. The first-order valence-electron chi connectivity index (χ1n) is 8.75. The van der Waals surface area contributed by atoms with Crippen LogP contribution in [0.15, 0.2) is 60.8 Å².